The molecule has 0 N–H and O–H groups in total. The summed E-state index contributed by atoms with van der Waals surface area (Å²) < 4.78 is 0. The van der Waals surface area contributed by atoms with Crippen LogP contribution in [0.2, 0.25) is 0 Å². The van der Waals surface area contributed by atoms with Crippen LogP contribution in [0.4, 0.5) is 0 Å². The molecule has 0 spiro atoms. The van der Waals surface area contributed by atoms with Crippen molar-refractivity contribution in [3.05, 3.63) is 0 Å². The van der Waals surface area contributed by atoms with Crippen molar-refractivity contribution in [1.82, 2.24) is 4.90 Å². The molecule has 0 unspecified atom stereocenters. The number of rotatable bonds is 21. The first kappa shape index (κ1) is 28.7. The topological polar surface area (TPSA) is 3.24 Å². The minimum absolute atomic E-state index is 0. The largest absolute Gasteiger partial charge is 0.303 e. The molecule has 0 heterocycles. The van der Waals surface area contributed by atoms with E-state index in [4.69, 9.17) is 0 Å². The molecule has 0 aliphatic heterocycles. The van der Waals surface area contributed by atoms with Crippen molar-refractivity contribution in [1.29, 1.82) is 0 Å². The van der Waals surface area contributed by atoms with Crippen LogP contribution in [0.25, 0.3) is 0 Å². The summed E-state index contributed by atoms with van der Waals surface area (Å²) in [5.74, 6) is 0. The molecule has 0 fully saturated rings. The van der Waals surface area contributed by atoms with Crippen LogP contribution in [0.1, 0.15) is 136 Å². The molecule has 4 radical (unpaired) electrons. The van der Waals surface area contributed by atoms with Crippen molar-refractivity contribution in [3.63, 3.8) is 0 Å². The maximum absolute atomic E-state index is 2.79. The molecule has 0 rings (SSSR count). The Morgan fingerprint density at radius 3 is 0.846 bits per heavy atom. The fourth-order valence-electron chi connectivity index (χ4n) is 3.68. The molecule has 0 atom stereocenters. The molecule has 0 saturated carbocycles. The van der Waals surface area contributed by atoms with Crippen molar-refractivity contribution < 1.29 is 0 Å². The van der Waals surface area contributed by atoms with Gasteiger partial charge in [-0.1, -0.05) is 117 Å². The Morgan fingerprint density at radius 1 is 0.346 bits per heavy atom. The van der Waals surface area contributed by atoms with E-state index in [-0.39, 0.29) is 17.6 Å². The fourth-order valence-corrected chi connectivity index (χ4v) is 3.68. The summed E-state index contributed by atoms with van der Waals surface area (Å²) in [6.45, 7) is 11.0. The van der Waals surface area contributed by atoms with Gasteiger partial charge in [0.05, 0.1) is 0 Å². The quantitative estimate of drug-likeness (QED) is 0.133. The van der Waals surface area contributed by atoms with Crippen LogP contribution in [-0.4, -0.2) is 42.1 Å². The molecule has 0 aliphatic rings. The first-order chi connectivity index (χ1) is 12.3. The maximum atomic E-state index is 2.79. The number of nitrogens with zero attached hydrogens (tertiary/aromatic N) is 1. The van der Waals surface area contributed by atoms with E-state index in [0.717, 1.165) is 0 Å². The minimum Gasteiger partial charge on any atom is -0.303 e. The summed E-state index contributed by atoms with van der Waals surface area (Å²) in [6, 6.07) is 0. The van der Waals surface area contributed by atoms with Crippen LogP contribution in [-0.2, 0) is 0 Å². The van der Waals surface area contributed by atoms with Crippen LogP contribution in [0, 0.1) is 0 Å². The Hall–Kier alpha value is 0.503. The van der Waals surface area contributed by atoms with Gasteiger partial charge in [-0.2, -0.15) is 0 Å². The van der Waals surface area contributed by atoms with Crippen molar-refractivity contribution in [2.24, 2.45) is 0 Å². The second-order valence-corrected chi connectivity index (χ2v) is 8.14. The van der Waals surface area contributed by atoms with Gasteiger partial charge in [-0.05, 0) is 38.9 Å². The second kappa shape index (κ2) is 25.5. The molecule has 156 valence electrons. The molecular weight excluding hydrogens is 375 g/mol. The monoisotopic (exact) mass is 427 g/mol. The third-order valence-electron chi connectivity index (χ3n) is 5.48. The average Bonchev–Trinajstić information content (AvgIpc) is 2.63. The van der Waals surface area contributed by atoms with E-state index >= 15 is 0 Å². The predicted molar refractivity (Wildman–Crippen MR) is 122 cm³/mol. The van der Waals surface area contributed by atoms with E-state index in [1.54, 1.807) is 0 Å². The van der Waals surface area contributed by atoms with E-state index in [2.05, 4.69) is 25.7 Å². The van der Waals surface area contributed by atoms with E-state index in [9.17, 15) is 0 Å². The molecule has 0 aliphatic carbocycles. The fraction of sp³-hybridized carbons (Fsp3) is 1.00. The average molecular weight is 426 g/mol. The van der Waals surface area contributed by atoms with E-state index in [0.29, 0.717) is 0 Å². The zero-order valence-corrected chi connectivity index (χ0v) is 20.9. The summed E-state index contributed by atoms with van der Waals surface area (Å²) in [5, 5.41) is 0. The molecule has 26 heavy (non-hydrogen) atoms. The van der Waals surface area contributed by atoms with E-state index in [1.807, 2.05) is 0 Å². The third kappa shape index (κ3) is 22.5. The SMILES string of the molecule is CCCCCCCCN(CCCCCCCC)CCCCCCCC.[Ge]. The maximum Gasteiger partial charge on any atom is 0 e. The Morgan fingerprint density at radius 2 is 0.577 bits per heavy atom. The van der Waals surface area contributed by atoms with Gasteiger partial charge < -0.3 is 4.90 Å². The van der Waals surface area contributed by atoms with Crippen LogP contribution < -0.4 is 0 Å². The van der Waals surface area contributed by atoms with Crippen molar-refractivity contribution in [3.8, 4) is 0 Å². The Bertz CT molecular complexity index is 194. The summed E-state index contributed by atoms with van der Waals surface area (Å²) in [7, 11) is 0. The summed E-state index contributed by atoms with van der Waals surface area (Å²) in [5.41, 5.74) is 0. The van der Waals surface area contributed by atoms with Gasteiger partial charge in [-0.3, -0.25) is 0 Å². The number of hydrogen-bond acceptors (Lipinski definition) is 1. The minimum atomic E-state index is 0. The van der Waals surface area contributed by atoms with Gasteiger partial charge in [0.1, 0.15) is 0 Å². The Kier molecular flexibility index (Phi) is 28.2. The number of unbranched alkanes of at least 4 members (excludes halogenated alkanes) is 15. The van der Waals surface area contributed by atoms with Gasteiger partial charge in [-0.25, -0.2) is 0 Å². The molecule has 0 amide bonds. The van der Waals surface area contributed by atoms with Gasteiger partial charge in [0.15, 0.2) is 0 Å². The van der Waals surface area contributed by atoms with Gasteiger partial charge in [0.2, 0.25) is 0 Å². The molecule has 0 aromatic carbocycles. The predicted octanol–water partition coefficient (Wildman–Crippen LogP) is 7.99. The molecule has 1 nitrogen and oxygen atoms in total. The second-order valence-electron chi connectivity index (χ2n) is 8.14. The van der Waals surface area contributed by atoms with Gasteiger partial charge >= 0.3 is 0 Å². The standard InChI is InChI=1S/C24H51N.Ge/c1-4-7-10-13-16-19-22-25(23-20-17-14-11-8-5-2)24-21-18-15-12-9-6-3;/h4-24H2,1-3H3;. The van der Waals surface area contributed by atoms with Crippen LogP contribution in [0.3, 0.4) is 0 Å². The van der Waals surface area contributed by atoms with Crippen LogP contribution in [0.5, 0.6) is 0 Å². The van der Waals surface area contributed by atoms with Crippen molar-refractivity contribution in [2.75, 3.05) is 19.6 Å². The molecule has 0 aromatic heterocycles. The Labute approximate surface area is 178 Å². The van der Waals surface area contributed by atoms with Gasteiger partial charge in [0, 0.05) is 17.6 Å². The normalized spacial score (nSPS) is 11.1. The molecular formula is C24H51GeN. The van der Waals surface area contributed by atoms with Crippen LogP contribution >= 0.6 is 0 Å². The summed E-state index contributed by atoms with van der Waals surface area (Å²) in [6.07, 6.45) is 25.7. The van der Waals surface area contributed by atoms with E-state index in [1.165, 1.54) is 135 Å². The molecule has 0 bridgehead atoms. The Balaban J connectivity index is 0. The summed E-state index contributed by atoms with van der Waals surface area (Å²) >= 11 is 0. The molecule has 0 aromatic rings. The smallest absolute Gasteiger partial charge is 0 e. The van der Waals surface area contributed by atoms with Crippen LogP contribution in [0.15, 0.2) is 0 Å². The van der Waals surface area contributed by atoms with Crippen molar-refractivity contribution >= 4 is 17.6 Å². The zero-order chi connectivity index (χ0) is 18.4. The van der Waals surface area contributed by atoms with Gasteiger partial charge in [0.25, 0.3) is 0 Å². The molecule has 0 saturated heterocycles. The van der Waals surface area contributed by atoms with Crippen molar-refractivity contribution in [2.45, 2.75) is 136 Å². The molecule has 2 heteroatoms. The van der Waals surface area contributed by atoms with E-state index < -0.39 is 0 Å². The first-order valence-corrected chi connectivity index (χ1v) is 12.1. The first-order valence-electron chi connectivity index (χ1n) is 12.1. The third-order valence-corrected chi connectivity index (χ3v) is 5.48. The van der Waals surface area contributed by atoms with Gasteiger partial charge in [-0.15, -0.1) is 0 Å². The summed E-state index contributed by atoms with van der Waals surface area (Å²) in [4.78, 5) is 2.79. The zero-order valence-electron chi connectivity index (χ0n) is 18.8. The number of hydrogen-bond donors (Lipinski definition) is 0.